The predicted octanol–water partition coefficient (Wildman–Crippen LogP) is 4.60. The van der Waals surface area contributed by atoms with Crippen molar-refractivity contribution in [1.29, 1.82) is 0 Å². The van der Waals surface area contributed by atoms with Gasteiger partial charge in [0.2, 0.25) is 0 Å². The normalized spacial score (nSPS) is 34.6. The summed E-state index contributed by atoms with van der Waals surface area (Å²) in [6, 6.07) is 0. The molecule has 4 aliphatic rings. The van der Waals surface area contributed by atoms with Gasteiger partial charge in [0.1, 0.15) is 0 Å². The second-order valence-corrected chi connectivity index (χ2v) is 24.5. The quantitative estimate of drug-likeness (QED) is 0.165. The molecule has 0 aromatic heterocycles. The second-order valence-electron chi connectivity index (χ2n) is 7.38. The molecule has 0 aliphatic carbocycles. The van der Waals surface area contributed by atoms with Crippen LogP contribution in [-0.2, 0) is 0 Å². The first-order chi connectivity index (χ1) is 12.3. The van der Waals surface area contributed by atoms with Gasteiger partial charge in [-0.3, -0.25) is 0 Å². The van der Waals surface area contributed by atoms with Gasteiger partial charge in [-0.2, -0.15) is 0 Å². The first-order valence-corrected chi connectivity index (χ1v) is 26.5. The Bertz CT molecular complexity index is 334. The van der Waals surface area contributed by atoms with Crippen LogP contribution in [0.3, 0.4) is 0 Å². The van der Waals surface area contributed by atoms with Crippen molar-refractivity contribution in [3.63, 3.8) is 0 Å². The van der Waals surface area contributed by atoms with E-state index in [-0.39, 0.29) is 0 Å². The summed E-state index contributed by atoms with van der Waals surface area (Å²) in [4.78, 5) is 0. The summed E-state index contributed by atoms with van der Waals surface area (Å²) in [6.45, 7) is 0. The Labute approximate surface area is 212 Å². The molecule has 4 heterocycles. The molecule has 0 nitrogen and oxygen atoms in total. The monoisotopic (exact) mass is 880 g/mol. The third-order valence-corrected chi connectivity index (χ3v) is 27.6. The molecule has 0 aromatic rings. The topological polar surface area (TPSA) is 0 Å². The molecular formula is C17H28S4Te4. The van der Waals surface area contributed by atoms with Crippen molar-refractivity contribution in [2.75, 3.05) is 23.0 Å². The maximum atomic E-state index is 2.26. The van der Waals surface area contributed by atoms with E-state index in [1.807, 2.05) is 0 Å². The molecule has 0 bridgehead atoms. The fourth-order valence-corrected chi connectivity index (χ4v) is 33.3. The third kappa shape index (κ3) is 10.1. The van der Waals surface area contributed by atoms with Gasteiger partial charge in [-0.05, 0) is 0 Å². The summed E-state index contributed by atoms with van der Waals surface area (Å²) < 4.78 is 13.9. The molecule has 4 saturated heterocycles. The average Bonchev–Trinajstić information content (AvgIpc) is 3.44. The molecule has 0 aromatic carbocycles. The molecule has 4 atom stereocenters. The van der Waals surface area contributed by atoms with Gasteiger partial charge in [-0.15, -0.1) is 0 Å². The molecule has 0 amide bonds. The molecule has 4 aliphatic heterocycles. The van der Waals surface area contributed by atoms with Crippen molar-refractivity contribution in [3.05, 3.63) is 0 Å². The molecule has 4 rings (SSSR count). The minimum atomic E-state index is 0.338. The van der Waals surface area contributed by atoms with Crippen LogP contribution in [0.5, 0.6) is 0 Å². The van der Waals surface area contributed by atoms with E-state index in [2.05, 4.69) is 47.0 Å². The van der Waals surface area contributed by atoms with Crippen molar-refractivity contribution in [1.82, 2.24) is 0 Å². The van der Waals surface area contributed by atoms with E-state index in [1.165, 1.54) is 23.0 Å². The van der Waals surface area contributed by atoms with Crippen molar-refractivity contribution >= 4 is 131 Å². The Kier molecular flexibility index (Phi) is 10.9. The summed E-state index contributed by atoms with van der Waals surface area (Å²) in [5.41, 5.74) is 0.952. The Morgan fingerprint density at radius 2 is 0.760 bits per heavy atom. The van der Waals surface area contributed by atoms with E-state index in [9.17, 15) is 0 Å². The molecule has 4 fully saturated rings. The van der Waals surface area contributed by atoms with E-state index in [1.54, 1.807) is 35.8 Å². The van der Waals surface area contributed by atoms with Crippen LogP contribution in [0, 0.1) is 5.41 Å². The molecule has 8 heteroatoms. The van der Waals surface area contributed by atoms with E-state index >= 15 is 0 Å². The van der Waals surface area contributed by atoms with Gasteiger partial charge in [-0.25, -0.2) is 0 Å². The van der Waals surface area contributed by atoms with Gasteiger partial charge >= 0.3 is 216 Å². The van der Waals surface area contributed by atoms with Crippen molar-refractivity contribution in [2.45, 2.75) is 56.7 Å². The SMILES string of the molecule is C1SC1C[Te]CC(C[Te]CC1CS1)(C[Te]CC1CS1)C[Te]CC1CS1. The molecule has 0 spiro atoms. The fourth-order valence-electron chi connectivity index (χ4n) is 2.53. The van der Waals surface area contributed by atoms with E-state index in [4.69, 9.17) is 0 Å². The van der Waals surface area contributed by atoms with Gasteiger partial charge < -0.3 is 0 Å². The summed E-state index contributed by atoms with van der Waals surface area (Å²) in [7, 11) is 0. The molecular weight excluding hydrogens is 843 g/mol. The van der Waals surface area contributed by atoms with E-state index < -0.39 is 0 Å². The maximum absolute atomic E-state index is 2.26. The second kappa shape index (κ2) is 12.0. The third-order valence-electron chi connectivity index (χ3n) is 4.46. The van der Waals surface area contributed by atoms with Crippen molar-refractivity contribution in [2.24, 2.45) is 5.41 Å². The number of hydrogen-bond acceptors (Lipinski definition) is 4. The van der Waals surface area contributed by atoms with Gasteiger partial charge in [0.25, 0.3) is 0 Å². The number of rotatable bonds is 16. The molecule has 0 radical (unpaired) electrons. The minimum absolute atomic E-state index is 0.338. The van der Waals surface area contributed by atoms with Crippen LogP contribution in [0.15, 0.2) is 0 Å². The Morgan fingerprint density at radius 3 is 0.960 bits per heavy atom. The molecule has 144 valence electrons. The zero-order chi connectivity index (χ0) is 17.0. The Hall–Kier alpha value is 4.56. The number of hydrogen-bond donors (Lipinski definition) is 0. The standard InChI is InChI=1S/C17H28S4Te4/c1-13(18-1)5-22-9-17(10-23-6-14-2-19-14,11-24-7-15-3-20-15)12-25-8-16-4-21-16/h13-16H,1-12H2. The predicted molar refractivity (Wildman–Crippen MR) is 129 cm³/mol. The van der Waals surface area contributed by atoms with E-state index in [0.29, 0.717) is 83.7 Å². The Morgan fingerprint density at radius 1 is 0.520 bits per heavy atom. The summed E-state index contributed by atoms with van der Waals surface area (Å²) >= 11 is 10.4. The first kappa shape index (κ1) is 22.7. The summed E-state index contributed by atoms with van der Waals surface area (Å²) in [6.07, 6.45) is 0. The van der Waals surface area contributed by atoms with Crippen LogP contribution in [0.1, 0.15) is 0 Å². The van der Waals surface area contributed by atoms with Crippen LogP contribution >= 0.6 is 47.0 Å². The zero-order valence-corrected chi connectivity index (χ0v) is 27.1. The molecule has 25 heavy (non-hydrogen) atoms. The summed E-state index contributed by atoms with van der Waals surface area (Å²) in [5, 5.41) is 4.55. The van der Waals surface area contributed by atoms with Gasteiger partial charge in [0.05, 0.1) is 0 Å². The van der Waals surface area contributed by atoms with Crippen molar-refractivity contribution < 1.29 is 0 Å². The number of thioether (sulfide) groups is 4. The van der Waals surface area contributed by atoms with Crippen LogP contribution in [0.25, 0.3) is 0 Å². The van der Waals surface area contributed by atoms with Crippen LogP contribution < -0.4 is 0 Å². The zero-order valence-electron chi connectivity index (χ0n) is 14.6. The molecule has 4 unspecified atom stereocenters. The van der Waals surface area contributed by atoms with Crippen molar-refractivity contribution in [3.8, 4) is 0 Å². The Balaban J connectivity index is 1.27. The summed E-state index contributed by atoms with van der Waals surface area (Å²) in [5.74, 6) is 6.08. The van der Waals surface area contributed by atoms with Gasteiger partial charge in [-0.1, -0.05) is 0 Å². The van der Waals surface area contributed by atoms with E-state index in [0.717, 1.165) is 26.4 Å². The van der Waals surface area contributed by atoms with Gasteiger partial charge in [0, 0.05) is 0 Å². The first-order valence-electron chi connectivity index (χ1n) is 9.09. The van der Waals surface area contributed by atoms with Gasteiger partial charge in [0.15, 0.2) is 0 Å². The van der Waals surface area contributed by atoms with Crippen LogP contribution in [-0.4, -0.2) is 128 Å². The average molecular weight is 871 g/mol. The van der Waals surface area contributed by atoms with Crippen LogP contribution in [0.4, 0.5) is 0 Å². The fraction of sp³-hybridized carbons (Fsp3) is 1.00. The molecule has 0 saturated carbocycles. The molecule has 0 N–H and O–H groups in total. The van der Waals surface area contributed by atoms with Crippen LogP contribution in [0.2, 0.25) is 35.8 Å².